The molecule has 1 aliphatic heterocycles. The van der Waals surface area contributed by atoms with Gasteiger partial charge in [0, 0.05) is 44.5 Å². The number of ether oxygens (including phenoxy) is 1. The third-order valence-corrected chi connectivity index (χ3v) is 4.10. The molecule has 7 nitrogen and oxygen atoms in total. The van der Waals surface area contributed by atoms with Crippen LogP contribution >= 0.6 is 24.0 Å². The normalized spacial score (nSPS) is 17.8. The number of aromatic nitrogens is 1. The summed E-state index contributed by atoms with van der Waals surface area (Å²) in [4.78, 5) is 22.7. The quantitative estimate of drug-likeness (QED) is 0.377. The third-order valence-electron chi connectivity index (χ3n) is 4.10. The summed E-state index contributed by atoms with van der Waals surface area (Å²) in [6.07, 6.45) is 4.35. The second-order valence-corrected chi connectivity index (χ2v) is 7.66. The first-order chi connectivity index (χ1) is 12.3. The molecule has 0 radical (unpaired) electrons. The van der Waals surface area contributed by atoms with E-state index in [9.17, 15) is 4.79 Å². The van der Waals surface area contributed by atoms with Crippen LogP contribution in [0.5, 0.6) is 0 Å². The topological polar surface area (TPSA) is 92.8 Å². The van der Waals surface area contributed by atoms with Crippen molar-refractivity contribution in [3.8, 4) is 0 Å². The van der Waals surface area contributed by atoms with Crippen molar-refractivity contribution in [1.82, 2.24) is 15.2 Å². The Balaban J connectivity index is 0.00000364. The van der Waals surface area contributed by atoms with Crippen molar-refractivity contribution >= 4 is 36.0 Å². The van der Waals surface area contributed by atoms with Gasteiger partial charge in [-0.1, -0.05) is 6.07 Å². The monoisotopic (exact) mass is 489 g/mol. The van der Waals surface area contributed by atoms with Gasteiger partial charge in [0.05, 0.1) is 0 Å². The highest BCUT2D eigenvalue weighted by atomic mass is 127. The van der Waals surface area contributed by atoms with Crippen LogP contribution in [-0.4, -0.2) is 53.7 Å². The third kappa shape index (κ3) is 9.25. The van der Waals surface area contributed by atoms with E-state index in [0.29, 0.717) is 31.5 Å². The number of guanidine groups is 1. The predicted molar refractivity (Wildman–Crippen MR) is 118 cm³/mol. The number of likely N-dealkylation sites (tertiary alicyclic amines) is 1. The number of hydrogen-bond acceptors (Lipinski definition) is 4. The van der Waals surface area contributed by atoms with Crippen LogP contribution in [0, 0.1) is 5.92 Å². The van der Waals surface area contributed by atoms with Crippen LogP contribution in [0.4, 0.5) is 4.79 Å². The zero-order valence-electron chi connectivity index (χ0n) is 16.5. The number of aliphatic imine (C=N–C) groups is 1. The number of carbonyl (C=O) groups is 1. The van der Waals surface area contributed by atoms with Crippen LogP contribution in [0.25, 0.3) is 0 Å². The van der Waals surface area contributed by atoms with E-state index >= 15 is 0 Å². The van der Waals surface area contributed by atoms with Crippen LogP contribution < -0.4 is 11.1 Å². The van der Waals surface area contributed by atoms with Crippen molar-refractivity contribution in [1.29, 1.82) is 0 Å². The molecular weight excluding hydrogens is 457 g/mol. The lowest BCUT2D eigenvalue weighted by molar-refractivity contribution is 0.0171. The first-order valence-electron chi connectivity index (χ1n) is 9.25. The van der Waals surface area contributed by atoms with E-state index in [1.165, 1.54) is 0 Å². The van der Waals surface area contributed by atoms with E-state index in [4.69, 9.17) is 10.5 Å². The van der Waals surface area contributed by atoms with Crippen molar-refractivity contribution < 1.29 is 9.53 Å². The highest BCUT2D eigenvalue weighted by molar-refractivity contribution is 14.0. The molecule has 0 saturated carbocycles. The summed E-state index contributed by atoms with van der Waals surface area (Å²) in [7, 11) is 0. The highest BCUT2D eigenvalue weighted by Crippen LogP contribution is 2.19. The number of nitrogens with one attached hydrogen (secondary N) is 1. The molecule has 1 aliphatic rings. The zero-order valence-corrected chi connectivity index (χ0v) is 18.8. The molecule has 2 rings (SSSR count). The van der Waals surface area contributed by atoms with Gasteiger partial charge in [0.2, 0.25) is 0 Å². The Morgan fingerprint density at radius 1 is 1.44 bits per heavy atom. The number of carbonyl (C=O) groups excluding carboxylic acids is 1. The van der Waals surface area contributed by atoms with E-state index < -0.39 is 5.60 Å². The smallest absolute Gasteiger partial charge is 0.410 e. The number of nitrogens with zero attached hydrogens (tertiary/aromatic N) is 3. The van der Waals surface area contributed by atoms with Crippen molar-refractivity contribution in [3.63, 3.8) is 0 Å². The Morgan fingerprint density at radius 3 is 2.89 bits per heavy atom. The average molecular weight is 489 g/mol. The molecule has 0 aromatic carbocycles. The number of nitrogens with two attached hydrogens (primary N) is 1. The molecule has 0 bridgehead atoms. The fraction of sp³-hybridized carbons (Fsp3) is 0.632. The molecule has 1 amide bonds. The number of halogens is 1. The molecule has 2 heterocycles. The van der Waals surface area contributed by atoms with E-state index in [-0.39, 0.29) is 30.1 Å². The average Bonchev–Trinajstić information content (AvgIpc) is 2.60. The van der Waals surface area contributed by atoms with Gasteiger partial charge in [-0.3, -0.25) is 9.98 Å². The Hall–Kier alpha value is -1.58. The number of hydrogen-bond donors (Lipinski definition) is 2. The van der Waals surface area contributed by atoms with E-state index in [1.54, 1.807) is 11.1 Å². The molecule has 3 N–H and O–H groups in total. The van der Waals surface area contributed by atoms with Gasteiger partial charge >= 0.3 is 6.09 Å². The molecular formula is C19H32IN5O2. The minimum absolute atomic E-state index is 0. The maximum atomic E-state index is 12.2. The van der Waals surface area contributed by atoms with Crippen LogP contribution in [0.2, 0.25) is 0 Å². The van der Waals surface area contributed by atoms with Gasteiger partial charge in [-0.05, 0) is 51.7 Å². The largest absolute Gasteiger partial charge is 0.444 e. The Labute approximate surface area is 179 Å². The first-order valence-corrected chi connectivity index (χ1v) is 9.25. The Bertz CT molecular complexity index is 604. The maximum Gasteiger partial charge on any atom is 0.410 e. The summed E-state index contributed by atoms with van der Waals surface area (Å²) in [5.74, 6) is 0.753. The minimum atomic E-state index is -0.468. The van der Waals surface area contributed by atoms with E-state index in [0.717, 1.165) is 31.5 Å². The summed E-state index contributed by atoms with van der Waals surface area (Å²) in [5, 5.41) is 3.12. The molecule has 1 aromatic rings. The second-order valence-electron chi connectivity index (χ2n) is 7.66. The van der Waals surface area contributed by atoms with Crippen molar-refractivity contribution in [2.45, 2.75) is 45.6 Å². The molecule has 1 unspecified atom stereocenters. The Kier molecular flexibility index (Phi) is 9.82. The predicted octanol–water partition coefficient (Wildman–Crippen LogP) is 2.79. The fourth-order valence-corrected chi connectivity index (χ4v) is 2.85. The lowest BCUT2D eigenvalue weighted by Gasteiger charge is -2.33. The minimum Gasteiger partial charge on any atom is -0.444 e. The second kappa shape index (κ2) is 11.3. The Morgan fingerprint density at radius 2 is 2.22 bits per heavy atom. The fourth-order valence-electron chi connectivity index (χ4n) is 2.85. The number of piperidine rings is 1. The SMILES string of the molecule is CC(C)(C)OC(=O)N1CCCC(CN=C(N)NCCc2ccccn2)C1.I. The molecule has 8 heteroatoms. The van der Waals surface area contributed by atoms with Crippen LogP contribution in [-0.2, 0) is 11.2 Å². The highest BCUT2D eigenvalue weighted by Gasteiger charge is 2.27. The van der Waals surface area contributed by atoms with Gasteiger partial charge in [-0.15, -0.1) is 24.0 Å². The van der Waals surface area contributed by atoms with Gasteiger partial charge in [-0.25, -0.2) is 4.79 Å². The van der Waals surface area contributed by atoms with Crippen LogP contribution in [0.1, 0.15) is 39.3 Å². The lowest BCUT2D eigenvalue weighted by atomic mass is 9.98. The molecule has 1 saturated heterocycles. The van der Waals surface area contributed by atoms with Crippen molar-refractivity contribution in [2.24, 2.45) is 16.6 Å². The van der Waals surface area contributed by atoms with Gasteiger partial charge in [0.15, 0.2) is 5.96 Å². The molecule has 152 valence electrons. The zero-order chi connectivity index (χ0) is 19.0. The maximum absolute atomic E-state index is 12.2. The molecule has 27 heavy (non-hydrogen) atoms. The summed E-state index contributed by atoms with van der Waals surface area (Å²) in [6.45, 7) is 8.37. The number of rotatable bonds is 5. The lowest BCUT2D eigenvalue weighted by Crippen LogP contribution is -2.43. The van der Waals surface area contributed by atoms with Gasteiger partial charge in [0.25, 0.3) is 0 Å². The number of pyridine rings is 1. The molecule has 1 atom stereocenters. The van der Waals surface area contributed by atoms with Crippen LogP contribution in [0.3, 0.4) is 0 Å². The standard InChI is InChI=1S/C19H31N5O2.HI/c1-19(2,3)26-18(25)24-12-6-7-15(14-24)13-23-17(20)22-11-9-16-8-4-5-10-21-16;/h4-5,8,10,15H,6-7,9,11-14H2,1-3H3,(H3,20,22,23);1H. The first kappa shape index (κ1) is 23.5. The van der Waals surface area contributed by atoms with E-state index in [2.05, 4.69) is 15.3 Å². The van der Waals surface area contributed by atoms with Gasteiger partial charge in [0.1, 0.15) is 5.60 Å². The molecule has 1 fully saturated rings. The van der Waals surface area contributed by atoms with E-state index in [1.807, 2.05) is 39.0 Å². The summed E-state index contributed by atoms with van der Waals surface area (Å²) in [6, 6.07) is 5.86. The van der Waals surface area contributed by atoms with Gasteiger partial charge in [-0.2, -0.15) is 0 Å². The van der Waals surface area contributed by atoms with Crippen LogP contribution in [0.15, 0.2) is 29.4 Å². The molecule has 1 aromatic heterocycles. The summed E-state index contributed by atoms with van der Waals surface area (Å²) >= 11 is 0. The number of amides is 1. The molecule has 0 aliphatic carbocycles. The summed E-state index contributed by atoms with van der Waals surface area (Å²) < 4.78 is 5.45. The van der Waals surface area contributed by atoms with Crippen molar-refractivity contribution in [2.75, 3.05) is 26.2 Å². The van der Waals surface area contributed by atoms with Gasteiger partial charge < -0.3 is 20.7 Å². The molecule has 0 spiro atoms. The summed E-state index contributed by atoms with van der Waals surface area (Å²) in [5.41, 5.74) is 6.50. The van der Waals surface area contributed by atoms with Crippen molar-refractivity contribution in [3.05, 3.63) is 30.1 Å².